The summed E-state index contributed by atoms with van der Waals surface area (Å²) in [7, 11) is 1.58. The summed E-state index contributed by atoms with van der Waals surface area (Å²) in [5, 5.41) is 3.59. The molecule has 1 aromatic heterocycles. The van der Waals surface area contributed by atoms with Crippen molar-refractivity contribution in [3.8, 4) is 11.5 Å². The highest BCUT2D eigenvalue weighted by atomic mass is 16.5. The van der Waals surface area contributed by atoms with Crippen molar-refractivity contribution in [3.05, 3.63) is 57.9 Å². The molecule has 3 aromatic rings. The predicted octanol–water partition coefficient (Wildman–Crippen LogP) is 6.12. The van der Waals surface area contributed by atoms with Crippen molar-refractivity contribution in [3.63, 3.8) is 0 Å². The molecule has 45 heavy (non-hydrogen) atoms. The van der Waals surface area contributed by atoms with Crippen molar-refractivity contribution < 1.29 is 23.5 Å². The lowest BCUT2D eigenvalue weighted by molar-refractivity contribution is 0.0774. The summed E-state index contributed by atoms with van der Waals surface area (Å²) in [5.74, 6) is 0.740. The van der Waals surface area contributed by atoms with Crippen LogP contribution in [0, 0.1) is 0 Å². The summed E-state index contributed by atoms with van der Waals surface area (Å²) in [4.78, 5) is 46.9. The average molecular weight is 617 g/mol. The van der Waals surface area contributed by atoms with Gasteiger partial charge in [-0.3, -0.25) is 14.6 Å². The van der Waals surface area contributed by atoms with E-state index in [2.05, 4.69) is 29.1 Å². The first-order valence-electron chi connectivity index (χ1n) is 16.2. The molecule has 0 saturated carbocycles. The van der Waals surface area contributed by atoms with E-state index in [-0.39, 0.29) is 17.5 Å². The minimum Gasteiger partial charge on any atom is -0.493 e. The maximum atomic E-state index is 13.0. The molecular formula is C35H44N4O6. The van der Waals surface area contributed by atoms with E-state index in [1.165, 1.54) is 0 Å². The Balaban J connectivity index is 1.00. The Morgan fingerprint density at radius 1 is 1.02 bits per heavy atom. The maximum absolute atomic E-state index is 13.0. The lowest BCUT2D eigenvalue weighted by Gasteiger charge is -2.21. The second-order valence-electron chi connectivity index (χ2n) is 11.6. The van der Waals surface area contributed by atoms with E-state index < -0.39 is 11.5 Å². The molecule has 0 spiro atoms. The molecule has 2 aromatic carbocycles. The number of unbranched alkanes of at least 4 members (excludes halogenated alkanes) is 5. The van der Waals surface area contributed by atoms with Gasteiger partial charge in [-0.1, -0.05) is 25.7 Å². The van der Waals surface area contributed by atoms with Crippen molar-refractivity contribution in [2.24, 2.45) is 4.99 Å². The van der Waals surface area contributed by atoms with Gasteiger partial charge in [-0.2, -0.15) is 0 Å². The van der Waals surface area contributed by atoms with Crippen molar-refractivity contribution >= 4 is 40.4 Å². The van der Waals surface area contributed by atoms with E-state index >= 15 is 0 Å². The number of hydrogen-bond acceptors (Lipinski definition) is 8. The SMILES string of the molecule is CCN(CC)c1ccc2cc(C(=O)NCCCCCCCCOc3cc4c(cc3OC)C(=O)N3CCC[C@H]3C=N4)c(=O)oc2c1. The number of nitrogens with zero attached hydrogens (tertiary/aromatic N) is 3. The monoisotopic (exact) mass is 616 g/mol. The van der Waals surface area contributed by atoms with Crippen molar-refractivity contribution in [1.29, 1.82) is 0 Å². The highest BCUT2D eigenvalue weighted by molar-refractivity contribution is 6.03. The lowest BCUT2D eigenvalue weighted by Crippen LogP contribution is -2.35. The second-order valence-corrected chi connectivity index (χ2v) is 11.6. The van der Waals surface area contributed by atoms with Gasteiger partial charge in [0.15, 0.2) is 11.5 Å². The van der Waals surface area contributed by atoms with Crippen molar-refractivity contribution in [2.75, 3.05) is 44.8 Å². The highest BCUT2D eigenvalue weighted by Gasteiger charge is 2.32. The van der Waals surface area contributed by atoms with Crippen LogP contribution in [0.1, 0.15) is 85.9 Å². The first-order chi connectivity index (χ1) is 21.9. The van der Waals surface area contributed by atoms with Gasteiger partial charge in [-0.25, -0.2) is 4.79 Å². The van der Waals surface area contributed by atoms with Crippen LogP contribution < -0.4 is 25.3 Å². The normalized spacial score (nSPS) is 15.5. The number of rotatable bonds is 15. The van der Waals surface area contributed by atoms with Gasteiger partial charge >= 0.3 is 5.63 Å². The number of fused-ring (bicyclic) bond motifs is 3. The Morgan fingerprint density at radius 3 is 2.58 bits per heavy atom. The second kappa shape index (κ2) is 15.1. The summed E-state index contributed by atoms with van der Waals surface area (Å²) < 4.78 is 17.1. The van der Waals surface area contributed by atoms with Crippen LogP contribution in [0.3, 0.4) is 0 Å². The molecule has 10 nitrogen and oxygen atoms in total. The summed E-state index contributed by atoms with van der Waals surface area (Å²) in [6.07, 6.45) is 9.63. The van der Waals surface area contributed by atoms with Crippen LogP contribution in [0.5, 0.6) is 11.5 Å². The number of methoxy groups -OCH3 is 1. The standard InChI is InChI=1S/C35H44N4O6/c1-4-38(5-2)25-15-14-24-19-28(35(42)45-30(24)20-25)33(40)36-16-10-8-6-7-9-11-18-44-32-22-29-27(21-31(32)43-3)34(41)39-17-12-13-26(39)23-37-29/h14-15,19-23,26H,4-13,16-18H2,1-3H3,(H,36,40)/t26-/m0/s1. The van der Waals surface area contributed by atoms with Crippen LogP contribution in [0.15, 0.2) is 50.6 Å². The van der Waals surface area contributed by atoms with E-state index in [4.69, 9.17) is 13.9 Å². The number of nitrogens with one attached hydrogen (secondary N) is 1. The predicted molar refractivity (Wildman–Crippen MR) is 177 cm³/mol. The van der Waals surface area contributed by atoms with E-state index in [0.717, 1.165) is 82.1 Å². The lowest BCUT2D eigenvalue weighted by atomic mass is 10.1. The zero-order chi connectivity index (χ0) is 31.8. The van der Waals surface area contributed by atoms with Gasteiger partial charge in [-0.05, 0) is 63.8 Å². The molecule has 1 atom stereocenters. The molecule has 1 saturated heterocycles. The van der Waals surface area contributed by atoms with E-state index in [1.54, 1.807) is 19.2 Å². The van der Waals surface area contributed by atoms with Crippen LogP contribution in [0.4, 0.5) is 11.4 Å². The molecule has 3 heterocycles. The molecule has 0 radical (unpaired) electrons. The van der Waals surface area contributed by atoms with Gasteiger partial charge < -0.3 is 29.0 Å². The molecule has 1 fully saturated rings. The number of carbonyl (C=O) groups excluding carboxylic acids is 2. The van der Waals surface area contributed by atoms with E-state index in [9.17, 15) is 14.4 Å². The van der Waals surface area contributed by atoms with Crippen molar-refractivity contribution in [2.45, 2.75) is 71.3 Å². The molecular weight excluding hydrogens is 572 g/mol. The molecule has 0 bridgehead atoms. The van der Waals surface area contributed by atoms with Crippen LogP contribution in [0.2, 0.25) is 0 Å². The molecule has 2 aliphatic heterocycles. The third-order valence-corrected chi connectivity index (χ3v) is 8.67. The summed E-state index contributed by atoms with van der Waals surface area (Å²) in [6, 6.07) is 11.0. The van der Waals surface area contributed by atoms with Gasteiger partial charge in [0, 0.05) is 55.6 Å². The number of hydrogen-bond donors (Lipinski definition) is 1. The summed E-state index contributed by atoms with van der Waals surface area (Å²) >= 11 is 0. The quantitative estimate of drug-likeness (QED) is 0.162. The fraction of sp³-hybridized carbons (Fsp3) is 0.486. The smallest absolute Gasteiger partial charge is 0.349 e. The summed E-state index contributed by atoms with van der Waals surface area (Å²) in [6.45, 7) is 7.66. The zero-order valence-corrected chi connectivity index (χ0v) is 26.6. The number of ether oxygens (including phenoxy) is 2. The van der Waals surface area contributed by atoms with Crippen LogP contribution in [-0.2, 0) is 0 Å². The molecule has 2 aliphatic rings. The van der Waals surface area contributed by atoms with Gasteiger partial charge in [0.25, 0.3) is 11.8 Å². The zero-order valence-electron chi connectivity index (χ0n) is 26.6. The Labute approximate surface area is 264 Å². The molecule has 5 rings (SSSR count). The fourth-order valence-electron chi connectivity index (χ4n) is 6.08. The largest absolute Gasteiger partial charge is 0.493 e. The van der Waals surface area contributed by atoms with Crippen molar-refractivity contribution in [1.82, 2.24) is 10.2 Å². The van der Waals surface area contributed by atoms with Gasteiger partial charge in [0.2, 0.25) is 0 Å². The van der Waals surface area contributed by atoms with E-state index in [1.807, 2.05) is 35.4 Å². The Hall–Kier alpha value is -4.34. The molecule has 1 N–H and O–H groups in total. The van der Waals surface area contributed by atoms with Gasteiger partial charge in [0.05, 0.1) is 31.0 Å². The molecule has 240 valence electrons. The number of carbonyl (C=O) groups is 2. The minimum absolute atomic E-state index is 0.00157. The first kappa shape index (κ1) is 32.1. The number of benzene rings is 2. The number of aliphatic imine (C=N–C) groups is 1. The molecule has 10 heteroatoms. The Kier molecular flexibility index (Phi) is 10.8. The Morgan fingerprint density at radius 2 is 1.80 bits per heavy atom. The van der Waals surface area contributed by atoms with E-state index in [0.29, 0.717) is 41.5 Å². The van der Waals surface area contributed by atoms with Crippen LogP contribution >= 0.6 is 0 Å². The van der Waals surface area contributed by atoms with Gasteiger partial charge in [-0.15, -0.1) is 0 Å². The average Bonchev–Trinajstić information content (AvgIpc) is 3.48. The van der Waals surface area contributed by atoms with Crippen LogP contribution in [0.25, 0.3) is 11.0 Å². The fourth-order valence-corrected chi connectivity index (χ4v) is 6.08. The maximum Gasteiger partial charge on any atom is 0.349 e. The molecule has 2 amide bonds. The third-order valence-electron chi connectivity index (χ3n) is 8.67. The first-order valence-corrected chi connectivity index (χ1v) is 16.2. The number of amides is 2. The van der Waals surface area contributed by atoms with Gasteiger partial charge in [0.1, 0.15) is 11.1 Å². The highest BCUT2D eigenvalue weighted by Crippen LogP contribution is 2.38. The topological polar surface area (TPSA) is 114 Å². The molecule has 0 unspecified atom stereocenters. The van der Waals surface area contributed by atoms with Crippen LogP contribution in [-0.4, -0.2) is 68.9 Å². The summed E-state index contributed by atoms with van der Waals surface area (Å²) in [5.41, 5.74) is 2.06. The number of anilines is 1. The molecule has 0 aliphatic carbocycles. The minimum atomic E-state index is -0.621. The Bertz CT molecular complexity index is 1590. The third kappa shape index (κ3) is 7.49.